The largest absolute Gasteiger partial charge is 0.469 e. The maximum absolute atomic E-state index is 12.5. The minimum atomic E-state index is -0.597. The Hall–Kier alpha value is -2.48. The van der Waals surface area contributed by atoms with Crippen LogP contribution in [0.25, 0.3) is 0 Å². The zero-order valence-corrected chi connectivity index (χ0v) is 12.9. The summed E-state index contributed by atoms with van der Waals surface area (Å²) in [7, 11) is 1.29. The quantitative estimate of drug-likeness (QED) is 0.485. The first-order chi connectivity index (χ1) is 11.0. The third-order valence-corrected chi connectivity index (χ3v) is 3.82. The van der Waals surface area contributed by atoms with E-state index in [2.05, 4.69) is 10.1 Å². The Morgan fingerprint density at radius 1 is 1.30 bits per heavy atom. The minimum absolute atomic E-state index is 0.0185. The van der Waals surface area contributed by atoms with Crippen LogP contribution < -0.4 is 5.32 Å². The van der Waals surface area contributed by atoms with Crippen LogP contribution in [0.2, 0.25) is 0 Å². The molecule has 0 aliphatic carbocycles. The number of nitrogens with zero attached hydrogens (tertiary/aromatic N) is 2. The first-order valence-electron chi connectivity index (χ1n) is 7.37. The van der Waals surface area contributed by atoms with Crippen LogP contribution in [-0.2, 0) is 14.3 Å². The van der Waals surface area contributed by atoms with Gasteiger partial charge in [-0.25, -0.2) is 0 Å². The van der Waals surface area contributed by atoms with Crippen molar-refractivity contribution in [2.75, 3.05) is 25.5 Å². The predicted molar refractivity (Wildman–Crippen MR) is 83.0 cm³/mol. The Morgan fingerprint density at radius 3 is 2.43 bits per heavy atom. The number of rotatable bonds is 6. The molecular formula is C15H19N3O5. The van der Waals surface area contributed by atoms with Crippen molar-refractivity contribution in [2.45, 2.75) is 25.3 Å². The molecule has 23 heavy (non-hydrogen) atoms. The van der Waals surface area contributed by atoms with Gasteiger partial charge in [0.2, 0.25) is 5.91 Å². The number of carbonyl (C=O) groups excluding carboxylic acids is 2. The summed E-state index contributed by atoms with van der Waals surface area (Å²) in [6.07, 6.45) is 1.96. The molecule has 0 aromatic heterocycles. The van der Waals surface area contributed by atoms with Crippen LogP contribution >= 0.6 is 0 Å². The number of esters is 1. The Balaban J connectivity index is 2.06. The molecule has 0 bridgehead atoms. The van der Waals surface area contributed by atoms with E-state index in [0.29, 0.717) is 5.69 Å². The molecule has 1 N–H and O–H groups in total. The van der Waals surface area contributed by atoms with Crippen LogP contribution in [-0.4, -0.2) is 47.9 Å². The van der Waals surface area contributed by atoms with Crippen molar-refractivity contribution >= 4 is 23.3 Å². The highest BCUT2D eigenvalue weighted by molar-refractivity contribution is 5.97. The second-order valence-corrected chi connectivity index (χ2v) is 5.33. The number of nitro groups is 1. The molecule has 0 spiro atoms. The second kappa shape index (κ2) is 7.68. The third kappa shape index (κ3) is 4.49. The van der Waals surface area contributed by atoms with Gasteiger partial charge in [-0.15, -0.1) is 0 Å². The van der Waals surface area contributed by atoms with Gasteiger partial charge in [0.25, 0.3) is 5.69 Å². The zero-order valence-electron chi connectivity index (χ0n) is 12.9. The molecular weight excluding hydrogens is 302 g/mol. The highest BCUT2D eigenvalue weighted by Crippen LogP contribution is 2.19. The first-order valence-corrected chi connectivity index (χ1v) is 7.37. The molecule has 0 saturated carbocycles. The predicted octanol–water partition coefficient (Wildman–Crippen LogP) is 1.56. The fourth-order valence-electron chi connectivity index (χ4n) is 2.57. The number of hydrogen-bond donors (Lipinski definition) is 1. The number of non-ortho nitro benzene ring substituents is 1. The van der Waals surface area contributed by atoms with Crippen molar-refractivity contribution in [2.24, 2.45) is 0 Å². The summed E-state index contributed by atoms with van der Waals surface area (Å²) < 4.78 is 4.66. The summed E-state index contributed by atoms with van der Waals surface area (Å²) in [5.41, 5.74) is 0.406. The normalized spacial score (nSPS) is 15.9. The van der Waals surface area contributed by atoms with Crippen LogP contribution in [0.5, 0.6) is 0 Å². The van der Waals surface area contributed by atoms with E-state index in [4.69, 9.17) is 0 Å². The third-order valence-electron chi connectivity index (χ3n) is 3.82. The van der Waals surface area contributed by atoms with Crippen LogP contribution in [0.1, 0.15) is 19.3 Å². The molecule has 8 heteroatoms. The maximum Gasteiger partial charge on any atom is 0.307 e. The van der Waals surface area contributed by atoms with E-state index in [1.165, 1.54) is 31.4 Å². The number of nitro benzene ring substituents is 1. The molecule has 1 amide bonds. The van der Waals surface area contributed by atoms with Gasteiger partial charge in [-0.3, -0.25) is 24.6 Å². The Bertz CT molecular complexity index is 581. The number of nitrogens with one attached hydrogen (secondary N) is 1. The summed E-state index contributed by atoms with van der Waals surface area (Å²) in [5, 5.41) is 13.3. The van der Waals surface area contributed by atoms with Gasteiger partial charge in [-0.05, 0) is 38.1 Å². The standard InChI is InChI=1S/C15H19N3O5/c1-23-14(19)10-13(17-8-2-3-9-17)15(20)16-11-4-6-12(7-5-11)18(21)22/h4-7,13H,2-3,8-10H2,1H3,(H,16,20)/t13-/m0/s1. The number of anilines is 1. The number of carbonyl (C=O) groups is 2. The molecule has 1 saturated heterocycles. The lowest BCUT2D eigenvalue weighted by atomic mass is 10.1. The van der Waals surface area contributed by atoms with E-state index < -0.39 is 16.9 Å². The molecule has 2 rings (SSSR count). The SMILES string of the molecule is COC(=O)C[C@@H](C(=O)Nc1ccc([N+](=O)[O-])cc1)N1CCCC1. The van der Waals surface area contributed by atoms with E-state index in [-0.39, 0.29) is 18.0 Å². The van der Waals surface area contributed by atoms with E-state index in [1.54, 1.807) is 0 Å². The van der Waals surface area contributed by atoms with Crippen molar-refractivity contribution in [3.63, 3.8) is 0 Å². The second-order valence-electron chi connectivity index (χ2n) is 5.33. The lowest BCUT2D eigenvalue weighted by Gasteiger charge is -2.25. The molecule has 8 nitrogen and oxygen atoms in total. The highest BCUT2D eigenvalue weighted by Gasteiger charge is 2.30. The molecule has 1 atom stereocenters. The van der Waals surface area contributed by atoms with Gasteiger partial charge in [0, 0.05) is 17.8 Å². The van der Waals surface area contributed by atoms with Gasteiger partial charge in [0.1, 0.15) is 6.04 Å². The summed E-state index contributed by atoms with van der Waals surface area (Å²) in [4.78, 5) is 36.1. The maximum atomic E-state index is 12.5. The monoisotopic (exact) mass is 321 g/mol. The Morgan fingerprint density at radius 2 is 1.91 bits per heavy atom. The number of amides is 1. The van der Waals surface area contributed by atoms with Gasteiger partial charge in [-0.2, -0.15) is 0 Å². The Kier molecular flexibility index (Phi) is 5.64. The summed E-state index contributed by atoms with van der Waals surface area (Å²) in [5.74, 6) is -0.757. The van der Waals surface area contributed by atoms with Gasteiger partial charge in [0.05, 0.1) is 18.5 Å². The number of benzene rings is 1. The lowest BCUT2D eigenvalue weighted by molar-refractivity contribution is -0.384. The smallest absolute Gasteiger partial charge is 0.307 e. The Labute approximate surface area is 133 Å². The van der Waals surface area contributed by atoms with Crippen molar-refractivity contribution in [1.29, 1.82) is 0 Å². The highest BCUT2D eigenvalue weighted by atomic mass is 16.6. The summed E-state index contributed by atoms with van der Waals surface area (Å²) >= 11 is 0. The van der Waals surface area contributed by atoms with E-state index in [9.17, 15) is 19.7 Å². The summed E-state index contributed by atoms with van der Waals surface area (Å²) in [6, 6.07) is 4.98. The minimum Gasteiger partial charge on any atom is -0.469 e. The van der Waals surface area contributed by atoms with E-state index in [0.717, 1.165) is 25.9 Å². The molecule has 1 heterocycles. The van der Waals surface area contributed by atoms with Crippen molar-refractivity contribution < 1.29 is 19.2 Å². The molecule has 1 aliphatic heterocycles. The molecule has 0 unspecified atom stereocenters. The van der Waals surface area contributed by atoms with Crippen molar-refractivity contribution in [1.82, 2.24) is 4.90 Å². The van der Waals surface area contributed by atoms with Gasteiger partial charge < -0.3 is 10.1 Å². The number of methoxy groups -OCH3 is 1. The number of hydrogen-bond acceptors (Lipinski definition) is 6. The average Bonchev–Trinajstić information content (AvgIpc) is 3.06. The van der Waals surface area contributed by atoms with Crippen LogP contribution in [0.3, 0.4) is 0 Å². The van der Waals surface area contributed by atoms with Gasteiger partial charge in [0.15, 0.2) is 0 Å². The number of ether oxygens (including phenoxy) is 1. The molecule has 1 fully saturated rings. The zero-order chi connectivity index (χ0) is 16.8. The fraction of sp³-hybridized carbons (Fsp3) is 0.467. The lowest BCUT2D eigenvalue weighted by Crippen LogP contribution is -2.44. The summed E-state index contributed by atoms with van der Waals surface area (Å²) in [6.45, 7) is 1.52. The van der Waals surface area contributed by atoms with Crippen LogP contribution in [0.4, 0.5) is 11.4 Å². The molecule has 124 valence electrons. The molecule has 0 radical (unpaired) electrons. The first kappa shape index (κ1) is 16.9. The van der Waals surface area contributed by atoms with Gasteiger partial charge >= 0.3 is 5.97 Å². The van der Waals surface area contributed by atoms with E-state index in [1.807, 2.05) is 4.90 Å². The number of likely N-dealkylation sites (tertiary alicyclic amines) is 1. The molecule has 1 aromatic rings. The fourth-order valence-corrected chi connectivity index (χ4v) is 2.57. The van der Waals surface area contributed by atoms with Crippen molar-refractivity contribution in [3.05, 3.63) is 34.4 Å². The topological polar surface area (TPSA) is 102 Å². The van der Waals surface area contributed by atoms with Crippen LogP contribution in [0, 0.1) is 10.1 Å². The van der Waals surface area contributed by atoms with E-state index >= 15 is 0 Å². The van der Waals surface area contributed by atoms with Crippen molar-refractivity contribution in [3.8, 4) is 0 Å². The van der Waals surface area contributed by atoms with Gasteiger partial charge in [-0.1, -0.05) is 0 Å². The molecule has 1 aromatic carbocycles. The van der Waals surface area contributed by atoms with Crippen LogP contribution in [0.15, 0.2) is 24.3 Å². The molecule has 1 aliphatic rings. The average molecular weight is 321 g/mol.